The highest BCUT2D eigenvalue weighted by Gasteiger charge is 2.43. The third-order valence-corrected chi connectivity index (χ3v) is 7.53. The lowest BCUT2D eigenvalue weighted by atomic mass is 9.84. The van der Waals surface area contributed by atoms with Crippen molar-refractivity contribution in [1.82, 2.24) is 15.3 Å². The summed E-state index contributed by atoms with van der Waals surface area (Å²) in [5.74, 6) is 0.0463. The van der Waals surface area contributed by atoms with Crippen LogP contribution in [0.4, 0.5) is 10.2 Å². The Bertz CT molecular complexity index is 1600. The van der Waals surface area contributed by atoms with E-state index in [-0.39, 0.29) is 23.9 Å². The molecule has 2 bridgehead atoms. The van der Waals surface area contributed by atoms with Crippen molar-refractivity contribution in [2.24, 2.45) is 0 Å². The molecule has 2 aliphatic heterocycles. The molecule has 6 nitrogen and oxygen atoms in total. The van der Waals surface area contributed by atoms with Crippen LogP contribution < -0.4 is 11.1 Å². The van der Waals surface area contributed by atoms with Crippen molar-refractivity contribution in [2.75, 3.05) is 5.73 Å². The molecule has 2 aliphatic rings. The quantitative estimate of drug-likeness (QED) is 0.339. The summed E-state index contributed by atoms with van der Waals surface area (Å²) >= 11 is 0. The highest BCUT2D eigenvalue weighted by Crippen LogP contribution is 2.54. The number of amides is 1. The number of anilines is 1. The predicted octanol–water partition coefficient (Wildman–Crippen LogP) is 5.89. The number of aryl methyl sites for hydroxylation is 3. The molecule has 192 valence electrons. The highest BCUT2D eigenvalue weighted by atomic mass is 19.1. The van der Waals surface area contributed by atoms with Crippen LogP contribution in [-0.2, 0) is 17.7 Å². The van der Waals surface area contributed by atoms with E-state index in [9.17, 15) is 9.18 Å². The van der Waals surface area contributed by atoms with Crippen LogP contribution in [0.15, 0.2) is 54.7 Å². The van der Waals surface area contributed by atoms with E-state index in [1.54, 1.807) is 13.1 Å². The van der Waals surface area contributed by atoms with Gasteiger partial charge in [-0.25, -0.2) is 9.37 Å². The molecule has 4 heterocycles. The summed E-state index contributed by atoms with van der Waals surface area (Å²) in [4.78, 5) is 21.8. The van der Waals surface area contributed by atoms with Gasteiger partial charge in [0.1, 0.15) is 23.8 Å². The van der Waals surface area contributed by atoms with E-state index in [1.165, 1.54) is 6.07 Å². The largest absolute Gasteiger partial charge is 0.384 e. The van der Waals surface area contributed by atoms with Crippen molar-refractivity contribution in [3.05, 3.63) is 111 Å². The highest BCUT2D eigenvalue weighted by molar-refractivity contribution is 5.94. The molecule has 0 saturated heterocycles. The number of carbonyl (C=O) groups excluding carboxylic acids is 1. The molecule has 2 aromatic heterocycles. The molecular formula is C31H29FN4O2. The Morgan fingerprint density at radius 1 is 1.03 bits per heavy atom. The molecule has 1 amide bonds. The van der Waals surface area contributed by atoms with Crippen LogP contribution in [0.25, 0.3) is 11.1 Å². The Labute approximate surface area is 221 Å². The third kappa shape index (κ3) is 4.03. The molecular weight excluding hydrogens is 479 g/mol. The number of aromatic nitrogens is 2. The Morgan fingerprint density at radius 2 is 1.76 bits per heavy atom. The number of fused-ring (bicyclic) bond motifs is 8. The number of nitrogen functional groups attached to an aromatic ring is 1. The van der Waals surface area contributed by atoms with E-state index in [2.05, 4.69) is 22.2 Å². The van der Waals surface area contributed by atoms with Gasteiger partial charge in [0.2, 0.25) is 0 Å². The number of halogens is 1. The number of hydrogen-bond acceptors (Lipinski definition) is 5. The lowest BCUT2D eigenvalue weighted by molar-refractivity contribution is 0.0857. The van der Waals surface area contributed by atoms with Crippen LogP contribution in [0.1, 0.15) is 80.7 Å². The van der Waals surface area contributed by atoms with Crippen molar-refractivity contribution in [3.8, 4) is 11.1 Å². The fraction of sp³-hybridized carbons (Fsp3) is 0.258. The SMILES string of the molecule is CCCc1cc(N)nc(C)c1CNC(=O)c1ccc2c(c1)[C@@H]1O[C@H]2c2ccc(-c3cnc(C)cc3F)cc21. The number of carbonyl (C=O) groups is 1. The van der Waals surface area contributed by atoms with Crippen LogP contribution in [-0.4, -0.2) is 15.9 Å². The fourth-order valence-corrected chi connectivity index (χ4v) is 5.69. The minimum absolute atomic E-state index is 0.156. The Morgan fingerprint density at radius 3 is 2.53 bits per heavy atom. The Hall–Kier alpha value is -4.10. The fourth-order valence-electron chi connectivity index (χ4n) is 5.69. The molecule has 0 fully saturated rings. The van der Waals surface area contributed by atoms with Crippen LogP contribution in [0, 0.1) is 19.7 Å². The molecule has 7 heteroatoms. The van der Waals surface area contributed by atoms with Gasteiger partial charge >= 0.3 is 0 Å². The van der Waals surface area contributed by atoms with Gasteiger partial charge in [0.25, 0.3) is 5.91 Å². The second-order valence-corrected chi connectivity index (χ2v) is 10.1. The average molecular weight is 509 g/mol. The molecule has 0 saturated carbocycles. The monoisotopic (exact) mass is 508 g/mol. The number of nitrogens with zero attached hydrogens (tertiary/aromatic N) is 2. The van der Waals surface area contributed by atoms with Crippen LogP contribution >= 0.6 is 0 Å². The van der Waals surface area contributed by atoms with Gasteiger partial charge in [-0.3, -0.25) is 9.78 Å². The number of pyridine rings is 2. The molecule has 38 heavy (non-hydrogen) atoms. The molecule has 4 aromatic rings. The van der Waals surface area contributed by atoms with Gasteiger partial charge < -0.3 is 15.8 Å². The molecule has 0 unspecified atom stereocenters. The zero-order valence-corrected chi connectivity index (χ0v) is 21.6. The molecule has 2 atom stereocenters. The number of nitrogens with two attached hydrogens (primary N) is 1. The first-order valence-corrected chi connectivity index (χ1v) is 12.9. The minimum Gasteiger partial charge on any atom is -0.384 e. The summed E-state index contributed by atoms with van der Waals surface area (Å²) < 4.78 is 21.0. The molecule has 6 rings (SSSR count). The van der Waals surface area contributed by atoms with Gasteiger partial charge in [-0.1, -0.05) is 31.5 Å². The normalized spacial score (nSPS) is 16.8. The minimum atomic E-state index is -0.297. The molecule has 0 radical (unpaired) electrons. The van der Waals surface area contributed by atoms with Crippen molar-refractivity contribution in [3.63, 3.8) is 0 Å². The van der Waals surface area contributed by atoms with Gasteiger partial charge in [-0.05, 0) is 89.5 Å². The van der Waals surface area contributed by atoms with Gasteiger partial charge in [0, 0.05) is 35.3 Å². The van der Waals surface area contributed by atoms with Gasteiger partial charge in [0.15, 0.2) is 0 Å². The van der Waals surface area contributed by atoms with Crippen LogP contribution in [0.2, 0.25) is 0 Å². The second-order valence-electron chi connectivity index (χ2n) is 10.1. The number of benzene rings is 2. The molecule has 0 aliphatic carbocycles. The zero-order valence-electron chi connectivity index (χ0n) is 21.6. The van der Waals surface area contributed by atoms with Crippen molar-refractivity contribution < 1.29 is 13.9 Å². The van der Waals surface area contributed by atoms with Crippen molar-refractivity contribution >= 4 is 11.7 Å². The van der Waals surface area contributed by atoms with Gasteiger partial charge in [-0.15, -0.1) is 0 Å². The van der Waals surface area contributed by atoms with Crippen LogP contribution in [0.3, 0.4) is 0 Å². The summed E-state index contributed by atoms with van der Waals surface area (Å²) in [5, 5.41) is 3.06. The van der Waals surface area contributed by atoms with Gasteiger partial charge in [0.05, 0.1) is 0 Å². The maximum absolute atomic E-state index is 14.6. The Kier molecular flexibility index (Phi) is 5.95. The van der Waals surface area contributed by atoms with E-state index in [4.69, 9.17) is 10.5 Å². The van der Waals surface area contributed by atoms with Crippen molar-refractivity contribution in [2.45, 2.75) is 52.4 Å². The van der Waals surface area contributed by atoms with Crippen LogP contribution in [0.5, 0.6) is 0 Å². The van der Waals surface area contributed by atoms with E-state index in [1.807, 2.05) is 49.4 Å². The first-order chi connectivity index (χ1) is 18.3. The first-order valence-electron chi connectivity index (χ1n) is 12.9. The number of nitrogens with one attached hydrogen (secondary N) is 1. The predicted molar refractivity (Wildman–Crippen MR) is 144 cm³/mol. The van der Waals surface area contributed by atoms with Gasteiger partial charge in [-0.2, -0.15) is 0 Å². The maximum Gasteiger partial charge on any atom is 0.251 e. The second kappa shape index (κ2) is 9.33. The summed E-state index contributed by atoms with van der Waals surface area (Å²) in [6.07, 6.45) is 2.95. The summed E-state index contributed by atoms with van der Waals surface area (Å²) in [6, 6.07) is 15.0. The topological polar surface area (TPSA) is 90.1 Å². The molecule has 3 N–H and O–H groups in total. The number of ether oxygens (including phenoxy) is 1. The lowest BCUT2D eigenvalue weighted by Gasteiger charge is -2.18. The number of hydrogen-bond donors (Lipinski definition) is 2. The standard InChI is InChI=1S/C31H29FN4O2/c1-4-5-18-13-28(33)36-17(3)25(18)14-35-31(37)20-7-9-22-24(12-20)30-23-11-19(6-8-21(23)29(22)38-30)26-15-34-16(2)10-27(26)32/h6-13,15,29-30H,4-5,14H2,1-3H3,(H2,33,36)(H,35,37)/t29-,30+/m0/s1. The average Bonchev–Trinajstić information content (AvgIpc) is 3.45. The van der Waals surface area contributed by atoms with Crippen molar-refractivity contribution in [1.29, 1.82) is 0 Å². The third-order valence-electron chi connectivity index (χ3n) is 7.53. The van der Waals surface area contributed by atoms with E-state index in [0.717, 1.165) is 57.5 Å². The lowest BCUT2D eigenvalue weighted by Crippen LogP contribution is -2.24. The first kappa shape index (κ1) is 24.2. The summed E-state index contributed by atoms with van der Waals surface area (Å²) in [6.45, 7) is 6.19. The summed E-state index contributed by atoms with van der Waals surface area (Å²) in [7, 11) is 0. The smallest absolute Gasteiger partial charge is 0.251 e. The molecule has 2 aromatic carbocycles. The van der Waals surface area contributed by atoms with E-state index < -0.39 is 0 Å². The number of rotatable bonds is 6. The molecule has 0 spiro atoms. The van der Waals surface area contributed by atoms with E-state index >= 15 is 0 Å². The maximum atomic E-state index is 14.6. The zero-order chi connectivity index (χ0) is 26.6. The van der Waals surface area contributed by atoms with E-state index in [0.29, 0.717) is 29.2 Å². The Balaban J connectivity index is 1.25. The summed E-state index contributed by atoms with van der Waals surface area (Å²) in [5.41, 5.74) is 15.5.